The fourth-order valence-electron chi connectivity index (χ4n) is 14.0. The van der Waals surface area contributed by atoms with Crippen LogP contribution in [0.25, 0.3) is 166 Å². The van der Waals surface area contributed by atoms with Gasteiger partial charge in [-0.25, -0.2) is 9.97 Å². The van der Waals surface area contributed by atoms with Gasteiger partial charge in [0.1, 0.15) is 0 Å². The quantitative estimate of drug-likeness (QED) is 0.145. The molecule has 0 spiro atoms. The molecule has 0 aliphatic rings. The van der Waals surface area contributed by atoms with E-state index >= 15 is 0 Å². The summed E-state index contributed by atoms with van der Waals surface area (Å²) in [7, 11) is 0. The van der Waals surface area contributed by atoms with Crippen LogP contribution >= 0.6 is 0 Å². The first kappa shape index (κ1) is 49.6. The SMILES string of the molecule is c1ccc(-c2cc(-c3cc(-c4ccc(-n5c6ccccc6c6ccccc65)cc4)c(-n4c5ccccc5c5cc6c7ccccc7n(-c7ccccc7)c6cc54)c(-c4ccc(-n5c6ccccc6c6ccccc65)cc4)c3)nc(-c3ccccc3)n2)cc1. The summed E-state index contributed by atoms with van der Waals surface area (Å²) in [6.45, 7) is 0. The Bertz CT molecular complexity index is 5430. The summed E-state index contributed by atoms with van der Waals surface area (Å²) in [5.41, 5.74) is 22.4. The first-order valence-electron chi connectivity index (χ1n) is 30.1. The number of rotatable bonds is 9. The molecule has 0 amide bonds. The van der Waals surface area contributed by atoms with Gasteiger partial charge >= 0.3 is 0 Å². The molecule has 0 bridgehead atoms. The van der Waals surface area contributed by atoms with Crippen molar-refractivity contribution in [3.8, 4) is 78.9 Å². The highest BCUT2D eigenvalue weighted by molar-refractivity contribution is 6.20. The van der Waals surface area contributed by atoms with E-state index in [0.29, 0.717) is 5.82 Å². The summed E-state index contributed by atoms with van der Waals surface area (Å²) < 4.78 is 9.79. The maximum atomic E-state index is 5.54. The Morgan fingerprint density at radius 3 is 0.943 bits per heavy atom. The average molecular weight is 1120 g/mol. The van der Waals surface area contributed by atoms with Gasteiger partial charge in [0.25, 0.3) is 0 Å². The van der Waals surface area contributed by atoms with Crippen molar-refractivity contribution in [2.75, 3.05) is 0 Å². The Labute approximate surface area is 507 Å². The fourth-order valence-corrected chi connectivity index (χ4v) is 14.0. The van der Waals surface area contributed by atoms with Gasteiger partial charge in [0.2, 0.25) is 0 Å². The normalized spacial score (nSPS) is 11.9. The Balaban J connectivity index is 0.960. The molecule has 6 nitrogen and oxygen atoms in total. The minimum atomic E-state index is 0.662. The molecule has 6 heteroatoms. The number of nitrogens with zero attached hydrogens (tertiary/aromatic N) is 6. The number of aromatic nitrogens is 6. The van der Waals surface area contributed by atoms with Crippen LogP contribution in [0.3, 0.4) is 0 Å². The van der Waals surface area contributed by atoms with Gasteiger partial charge in [0, 0.05) is 88.0 Å². The third-order valence-electron chi connectivity index (χ3n) is 18.0. The second-order valence-electron chi connectivity index (χ2n) is 22.9. The zero-order valence-corrected chi connectivity index (χ0v) is 47.7. The molecule has 0 aliphatic heterocycles. The van der Waals surface area contributed by atoms with Gasteiger partial charge in [-0.3, -0.25) is 0 Å². The maximum Gasteiger partial charge on any atom is 0.160 e. The first-order chi connectivity index (χ1) is 43.7. The molecule has 410 valence electrons. The Hall–Kier alpha value is -11.9. The fraction of sp³-hybridized carbons (Fsp3) is 0. The zero-order valence-electron chi connectivity index (χ0n) is 47.7. The number of benzene rings is 13. The van der Waals surface area contributed by atoms with E-state index in [4.69, 9.17) is 9.97 Å². The van der Waals surface area contributed by atoms with Crippen LogP contribution < -0.4 is 0 Å². The second-order valence-corrected chi connectivity index (χ2v) is 22.9. The standard InChI is InChI=1S/C82H52N6/c1-4-22-55(23-5-1)71-51-72(84-82(83-71)56-24-6-2-7-25-56)57-48-67(53-40-44-59(45-41-53)85-73-34-16-10-28-61(73)62-29-11-17-35-74(62)85)81(68(49-57)54-42-46-60(47-43-54)86-75-36-18-12-30-63(75)64-31-13-19-37-76(64)86)88-78-39-21-15-33-66(78)70-50-69-65-32-14-20-38-77(65)87(79(69)52-80(70)88)58-26-8-3-9-27-58/h1-52H. The summed E-state index contributed by atoms with van der Waals surface area (Å²) in [5.74, 6) is 0.662. The molecule has 88 heavy (non-hydrogen) atoms. The van der Waals surface area contributed by atoms with Crippen molar-refractivity contribution in [3.63, 3.8) is 0 Å². The number of hydrogen-bond donors (Lipinski definition) is 0. The molecule has 0 N–H and O–H groups in total. The molecule has 0 unspecified atom stereocenters. The minimum Gasteiger partial charge on any atom is -0.309 e. The predicted octanol–water partition coefficient (Wildman–Crippen LogP) is 21.2. The van der Waals surface area contributed by atoms with Crippen LogP contribution in [0, 0.1) is 0 Å². The van der Waals surface area contributed by atoms with Crippen molar-refractivity contribution >= 4 is 87.2 Å². The van der Waals surface area contributed by atoms with Crippen molar-refractivity contribution < 1.29 is 0 Å². The monoisotopic (exact) mass is 1120 g/mol. The predicted molar refractivity (Wildman–Crippen MR) is 367 cm³/mol. The summed E-state index contributed by atoms with van der Waals surface area (Å²) in [6.07, 6.45) is 0. The molecule has 0 fully saturated rings. The third-order valence-corrected chi connectivity index (χ3v) is 18.0. The van der Waals surface area contributed by atoms with Crippen molar-refractivity contribution in [2.45, 2.75) is 0 Å². The summed E-state index contributed by atoms with van der Waals surface area (Å²) >= 11 is 0. The molecular formula is C82H52N6. The third kappa shape index (κ3) is 7.76. The van der Waals surface area contributed by atoms with Gasteiger partial charge in [-0.1, -0.05) is 212 Å². The van der Waals surface area contributed by atoms with Crippen LogP contribution in [-0.4, -0.2) is 28.2 Å². The first-order valence-corrected chi connectivity index (χ1v) is 30.1. The molecule has 5 aromatic heterocycles. The van der Waals surface area contributed by atoms with Gasteiger partial charge in [0.15, 0.2) is 5.82 Å². The molecule has 18 rings (SSSR count). The molecule has 13 aromatic carbocycles. The van der Waals surface area contributed by atoms with Gasteiger partial charge in [-0.2, -0.15) is 0 Å². The zero-order chi connectivity index (χ0) is 57.8. The number of hydrogen-bond acceptors (Lipinski definition) is 2. The summed E-state index contributed by atoms with van der Waals surface area (Å²) in [6, 6.07) is 115. The lowest BCUT2D eigenvalue weighted by atomic mass is 9.91. The molecule has 0 saturated carbocycles. The summed E-state index contributed by atoms with van der Waals surface area (Å²) in [5, 5.41) is 9.70. The van der Waals surface area contributed by atoms with Crippen LogP contribution in [0.5, 0.6) is 0 Å². The summed E-state index contributed by atoms with van der Waals surface area (Å²) in [4.78, 5) is 10.8. The maximum absolute atomic E-state index is 5.54. The molecule has 0 atom stereocenters. The van der Waals surface area contributed by atoms with Crippen LogP contribution in [0.4, 0.5) is 0 Å². The second kappa shape index (κ2) is 19.9. The lowest BCUT2D eigenvalue weighted by molar-refractivity contribution is 1.16. The highest BCUT2D eigenvalue weighted by Gasteiger charge is 2.26. The Kier molecular flexibility index (Phi) is 11.2. The van der Waals surface area contributed by atoms with Crippen molar-refractivity contribution in [1.29, 1.82) is 0 Å². The van der Waals surface area contributed by atoms with E-state index in [0.717, 1.165) is 89.6 Å². The van der Waals surface area contributed by atoms with Crippen LogP contribution in [-0.2, 0) is 0 Å². The lowest BCUT2D eigenvalue weighted by Crippen LogP contribution is -2.03. The van der Waals surface area contributed by atoms with Gasteiger partial charge in [0.05, 0.1) is 61.2 Å². The van der Waals surface area contributed by atoms with Crippen molar-refractivity contribution in [2.24, 2.45) is 0 Å². The lowest BCUT2D eigenvalue weighted by Gasteiger charge is -2.22. The van der Waals surface area contributed by atoms with Crippen molar-refractivity contribution in [3.05, 3.63) is 315 Å². The smallest absolute Gasteiger partial charge is 0.160 e. The van der Waals surface area contributed by atoms with Crippen LogP contribution in [0.2, 0.25) is 0 Å². The largest absolute Gasteiger partial charge is 0.309 e. The van der Waals surface area contributed by atoms with Crippen LogP contribution in [0.1, 0.15) is 0 Å². The molecule has 18 aromatic rings. The van der Waals surface area contributed by atoms with E-state index < -0.39 is 0 Å². The van der Waals surface area contributed by atoms with E-state index in [2.05, 4.69) is 328 Å². The van der Waals surface area contributed by atoms with E-state index in [1.807, 2.05) is 6.07 Å². The van der Waals surface area contributed by atoms with Crippen molar-refractivity contribution in [1.82, 2.24) is 28.2 Å². The number of para-hydroxylation sites is 7. The average Bonchev–Trinajstić information content (AvgIpc) is 1.57. The minimum absolute atomic E-state index is 0.662. The Morgan fingerprint density at radius 2 is 0.511 bits per heavy atom. The molecular weight excluding hydrogens is 1070 g/mol. The van der Waals surface area contributed by atoms with E-state index in [-0.39, 0.29) is 0 Å². The molecule has 0 aliphatic carbocycles. The van der Waals surface area contributed by atoms with E-state index in [9.17, 15) is 0 Å². The van der Waals surface area contributed by atoms with Gasteiger partial charge in [-0.05, 0) is 114 Å². The molecule has 5 heterocycles. The highest BCUT2D eigenvalue weighted by atomic mass is 15.0. The van der Waals surface area contributed by atoms with E-state index in [1.54, 1.807) is 0 Å². The van der Waals surface area contributed by atoms with Gasteiger partial charge < -0.3 is 18.3 Å². The highest BCUT2D eigenvalue weighted by Crippen LogP contribution is 2.47. The molecule has 0 radical (unpaired) electrons. The topological polar surface area (TPSA) is 45.5 Å². The van der Waals surface area contributed by atoms with E-state index in [1.165, 1.54) is 70.7 Å². The Morgan fingerprint density at radius 1 is 0.193 bits per heavy atom. The number of fused-ring (bicyclic) bond motifs is 12. The van der Waals surface area contributed by atoms with Gasteiger partial charge in [-0.15, -0.1) is 0 Å². The van der Waals surface area contributed by atoms with Crippen LogP contribution in [0.15, 0.2) is 315 Å². The molecule has 0 saturated heterocycles.